The molecule has 0 bridgehead atoms. The van der Waals surface area contributed by atoms with Crippen molar-refractivity contribution in [3.8, 4) is 0 Å². The molecule has 0 atom stereocenters. The van der Waals surface area contributed by atoms with Gasteiger partial charge in [-0.05, 0) is 41.9 Å². The average molecular weight is 245 g/mol. The van der Waals surface area contributed by atoms with Gasteiger partial charge < -0.3 is 5.32 Å². The zero-order valence-corrected chi connectivity index (χ0v) is 12.1. The highest BCUT2D eigenvalue weighted by Crippen LogP contribution is 2.25. The molecule has 18 heavy (non-hydrogen) atoms. The van der Waals surface area contributed by atoms with Crippen LogP contribution in [0.15, 0.2) is 24.3 Å². The topological polar surface area (TPSA) is 12.0 Å². The lowest BCUT2D eigenvalue weighted by Crippen LogP contribution is -2.17. The van der Waals surface area contributed by atoms with E-state index in [0.29, 0.717) is 0 Å². The van der Waals surface area contributed by atoms with Gasteiger partial charge in [-0.2, -0.15) is 0 Å². The highest BCUT2D eigenvalue weighted by molar-refractivity contribution is 5.45. The molecule has 0 amide bonds. The Balaban J connectivity index is 1.86. The first-order valence-corrected chi connectivity index (χ1v) is 7.40. The van der Waals surface area contributed by atoms with Crippen LogP contribution < -0.4 is 5.32 Å². The zero-order valence-electron chi connectivity index (χ0n) is 12.1. The molecule has 1 N–H and O–H groups in total. The van der Waals surface area contributed by atoms with E-state index in [-0.39, 0.29) is 5.41 Å². The molecule has 0 saturated heterocycles. The maximum Gasteiger partial charge on any atom is 0.0340 e. The molecule has 100 valence electrons. The molecule has 2 rings (SSSR count). The summed E-state index contributed by atoms with van der Waals surface area (Å²) in [5.41, 5.74) is 2.93. The van der Waals surface area contributed by atoms with Gasteiger partial charge in [0.15, 0.2) is 0 Å². The number of hydrogen-bond donors (Lipinski definition) is 1. The summed E-state index contributed by atoms with van der Waals surface area (Å²) in [6.45, 7) is 7.93. The molecular formula is C17H27N. The molecule has 0 aliphatic heterocycles. The van der Waals surface area contributed by atoms with Crippen LogP contribution in [0.1, 0.15) is 58.4 Å². The van der Waals surface area contributed by atoms with Gasteiger partial charge in [-0.15, -0.1) is 0 Å². The molecular weight excluding hydrogens is 218 g/mol. The minimum absolute atomic E-state index is 0.252. The zero-order chi connectivity index (χ0) is 13.0. The second-order valence-corrected chi connectivity index (χ2v) is 6.71. The minimum Gasteiger partial charge on any atom is -0.385 e. The molecule has 1 saturated carbocycles. The Kier molecular flexibility index (Phi) is 4.31. The fraction of sp³-hybridized carbons (Fsp3) is 0.647. The van der Waals surface area contributed by atoms with Crippen LogP contribution in [0.4, 0.5) is 5.69 Å². The van der Waals surface area contributed by atoms with Crippen LogP contribution in [0.2, 0.25) is 0 Å². The van der Waals surface area contributed by atoms with Crippen molar-refractivity contribution in [3.05, 3.63) is 29.8 Å². The lowest BCUT2D eigenvalue weighted by atomic mass is 9.87. The Bertz CT molecular complexity index is 352. The van der Waals surface area contributed by atoms with Gasteiger partial charge in [0.2, 0.25) is 0 Å². The van der Waals surface area contributed by atoms with E-state index in [0.717, 1.165) is 12.5 Å². The predicted octanol–water partition coefficient (Wildman–Crippen LogP) is 4.98. The van der Waals surface area contributed by atoms with E-state index in [9.17, 15) is 0 Å². The summed E-state index contributed by atoms with van der Waals surface area (Å²) in [7, 11) is 0. The van der Waals surface area contributed by atoms with Crippen LogP contribution in [0.25, 0.3) is 0 Å². The van der Waals surface area contributed by atoms with Crippen molar-refractivity contribution >= 4 is 5.69 Å². The Morgan fingerprint density at radius 3 is 2.17 bits per heavy atom. The first-order chi connectivity index (χ1) is 8.55. The standard InChI is InChI=1S/C17H27N/c1-17(2,3)15-9-11-16(12-10-15)18-13-14-7-5-4-6-8-14/h9-12,14,18H,4-8,13H2,1-3H3. The monoisotopic (exact) mass is 245 g/mol. The van der Waals surface area contributed by atoms with Gasteiger partial charge in [0.1, 0.15) is 0 Å². The maximum absolute atomic E-state index is 3.59. The summed E-state index contributed by atoms with van der Waals surface area (Å²) < 4.78 is 0. The summed E-state index contributed by atoms with van der Waals surface area (Å²) in [6, 6.07) is 8.96. The molecule has 1 aromatic carbocycles. The highest BCUT2D eigenvalue weighted by atomic mass is 14.9. The summed E-state index contributed by atoms with van der Waals surface area (Å²) >= 11 is 0. The lowest BCUT2D eigenvalue weighted by Gasteiger charge is -2.23. The van der Waals surface area contributed by atoms with Gasteiger partial charge in [-0.3, -0.25) is 0 Å². The van der Waals surface area contributed by atoms with E-state index < -0.39 is 0 Å². The molecule has 1 heteroatoms. The largest absolute Gasteiger partial charge is 0.385 e. The van der Waals surface area contributed by atoms with E-state index in [4.69, 9.17) is 0 Å². The van der Waals surface area contributed by atoms with Crippen LogP contribution in [0.3, 0.4) is 0 Å². The van der Waals surface area contributed by atoms with Gasteiger partial charge in [-0.25, -0.2) is 0 Å². The molecule has 0 radical (unpaired) electrons. The first kappa shape index (κ1) is 13.5. The van der Waals surface area contributed by atoms with Gasteiger partial charge in [0.05, 0.1) is 0 Å². The Labute approximate surface area is 112 Å². The molecule has 0 heterocycles. The van der Waals surface area contributed by atoms with Crippen LogP contribution in [-0.4, -0.2) is 6.54 Å². The Morgan fingerprint density at radius 1 is 1.00 bits per heavy atom. The van der Waals surface area contributed by atoms with E-state index in [1.165, 1.54) is 43.4 Å². The molecule has 1 aliphatic rings. The van der Waals surface area contributed by atoms with Crippen molar-refractivity contribution in [2.75, 3.05) is 11.9 Å². The Hall–Kier alpha value is -0.980. The fourth-order valence-corrected chi connectivity index (χ4v) is 2.74. The number of rotatable bonds is 3. The molecule has 1 fully saturated rings. The van der Waals surface area contributed by atoms with Crippen LogP contribution in [0.5, 0.6) is 0 Å². The summed E-state index contributed by atoms with van der Waals surface area (Å²) in [6.07, 6.45) is 7.11. The number of hydrogen-bond acceptors (Lipinski definition) is 1. The summed E-state index contributed by atoms with van der Waals surface area (Å²) in [5.74, 6) is 0.890. The van der Waals surface area contributed by atoms with Crippen molar-refractivity contribution in [1.82, 2.24) is 0 Å². The molecule has 1 aliphatic carbocycles. The van der Waals surface area contributed by atoms with Gasteiger partial charge >= 0.3 is 0 Å². The predicted molar refractivity (Wildman–Crippen MR) is 80.2 cm³/mol. The van der Waals surface area contributed by atoms with Crippen molar-refractivity contribution in [3.63, 3.8) is 0 Å². The van der Waals surface area contributed by atoms with Crippen molar-refractivity contribution in [2.24, 2.45) is 5.92 Å². The highest BCUT2D eigenvalue weighted by Gasteiger charge is 2.14. The summed E-state index contributed by atoms with van der Waals surface area (Å²) in [5, 5.41) is 3.59. The molecule has 0 unspecified atom stereocenters. The van der Waals surface area contributed by atoms with Crippen molar-refractivity contribution < 1.29 is 0 Å². The van der Waals surface area contributed by atoms with E-state index in [1.807, 2.05) is 0 Å². The number of nitrogens with one attached hydrogen (secondary N) is 1. The van der Waals surface area contributed by atoms with Gasteiger partial charge in [-0.1, -0.05) is 52.2 Å². The third-order valence-corrected chi connectivity index (χ3v) is 4.07. The number of anilines is 1. The van der Waals surface area contributed by atoms with Gasteiger partial charge in [0.25, 0.3) is 0 Å². The third kappa shape index (κ3) is 3.76. The van der Waals surface area contributed by atoms with Crippen LogP contribution in [-0.2, 0) is 5.41 Å². The van der Waals surface area contributed by atoms with Gasteiger partial charge in [0, 0.05) is 12.2 Å². The van der Waals surface area contributed by atoms with E-state index >= 15 is 0 Å². The molecule has 0 aromatic heterocycles. The SMILES string of the molecule is CC(C)(C)c1ccc(NCC2CCCCC2)cc1. The molecule has 1 aromatic rings. The smallest absolute Gasteiger partial charge is 0.0340 e. The lowest BCUT2D eigenvalue weighted by molar-refractivity contribution is 0.373. The third-order valence-electron chi connectivity index (χ3n) is 4.07. The maximum atomic E-state index is 3.59. The van der Waals surface area contributed by atoms with Crippen LogP contribution >= 0.6 is 0 Å². The van der Waals surface area contributed by atoms with Crippen LogP contribution in [0, 0.1) is 5.92 Å². The van der Waals surface area contributed by atoms with E-state index in [1.54, 1.807) is 0 Å². The average Bonchev–Trinajstić information content (AvgIpc) is 2.37. The second-order valence-electron chi connectivity index (χ2n) is 6.71. The molecule has 1 nitrogen and oxygen atoms in total. The Morgan fingerprint density at radius 2 is 1.61 bits per heavy atom. The fourth-order valence-electron chi connectivity index (χ4n) is 2.74. The van der Waals surface area contributed by atoms with E-state index in [2.05, 4.69) is 50.4 Å². The van der Waals surface area contributed by atoms with Crippen molar-refractivity contribution in [1.29, 1.82) is 0 Å². The molecule has 0 spiro atoms. The summed E-state index contributed by atoms with van der Waals surface area (Å²) in [4.78, 5) is 0. The first-order valence-electron chi connectivity index (χ1n) is 7.40. The normalized spacial score (nSPS) is 17.7. The second kappa shape index (κ2) is 5.77. The van der Waals surface area contributed by atoms with Crippen molar-refractivity contribution in [2.45, 2.75) is 58.3 Å². The quantitative estimate of drug-likeness (QED) is 0.792. The number of benzene rings is 1. The minimum atomic E-state index is 0.252.